The smallest absolute Gasteiger partial charge is 0.246 e. The molecule has 390 valence electrons. The van der Waals surface area contributed by atoms with Crippen LogP contribution in [0.15, 0.2) is 114 Å². The third-order valence-electron chi connectivity index (χ3n) is 12.4. The number of sulfonamides is 1. The van der Waals surface area contributed by atoms with Crippen LogP contribution in [0.5, 0.6) is 5.75 Å². The van der Waals surface area contributed by atoms with E-state index in [9.17, 15) is 32.7 Å². The first-order valence-electron chi connectivity index (χ1n) is 24.3. The molecule has 4 aromatic carbocycles. The number of unbranched alkanes of at least 4 members (excludes halogenated alkanes) is 2. The number of halogens is 1. The number of benzene rings is 4. The molecule has 7 rings (SSSR count). The number of thiazole rings is 1. The highest BCUT2D eigenvalue weighted by Crippen LogP contribution is 2.36. The van der Waals surface area contributed by atoms with Gasteiger partial charge in [0.05, 0.1) is 63.2 Å². The average molecular weight is 1060 g/mol. The summed E-state index contributed by atoms with van der Waals surface area (Å²) in [5.41, 5.74) is 7.54. The molecule has 6 aromatic rings. The van der Waals surface area contributed by atoms with Crippen molar-refractivity contribution in [3.63, 3.8) is 0 Å². The fourth-order valence-electron chi connectivity index (χ4n) is 8.52. The quantitative estimate of drug-likeness (QED) is 0.0377. The Balaban J connectivity index is 0.876. The van der Waals surface area contributed by atoms with Crippen LogP contribution in [-0.2, 0) is 29.2 Å². The monoisotopic (exact) mass is 1060 g/mol. The van der Waals surface area contributed by atoms with Gasteiger partial charge in [0.25, 0.3) is 0 Å². The van der Waals surface area contributed by atoms with E-state index in [1.54, 1.807) is 17.6 Å². The van der Waals surface area contributed by atoms with Crippen LogP contribution in [0.25, 0.3) is 32.8 Å². The van der Waals surface area contributed by atoms with Crippen molar-refractivity contribution in [2.24, 2.45) is 5.41 Å². The summed E-state index contributed by atoms with van der Waals surface area (Å²) in [6.07, 6.45) is 2.57. The van der Waals surface area contributed by atoms with Crippen LogP contribution in [0.3, 0.4) is 0 Å². The van der Waals surface area contributed by atoms with Crippen LogP contribution in [0.1, 0.15) is 77.6 Å². The summed E-state index contributed by atoms with van der Waals surface area (Å²) in [6.45, 7) is 10.7. The van der Waals surface area contributed by atoms with Gasteiger partial charge in [-0.25, -0.2) is 28.1 Å². The second-order valence-corrected chi connectivity index (χ2v) is 22.2. The van der Waals surface area contributed by atoms with E-state index in [0.717, 1.165) is 32.8 Å². The molecule has 2 aromatic heterocycles. The van der Waals surface area contributed by atoms with Crippen molar-refractivity contribution < 1.29 is 37.4 Å². The second-order valence-electron chi connectivity index (χ2n) is 19.2. The largest absolute Gasteiger partial charge is 0.493 e. The number of aliphatic hydroxyl groups is 1. The van der Waals surface area contributed by atoms with Crippen molar-refractivity contribution in [3.05, 3.63) is 125 Å². The summed E-state index contributed by atoms with van der Waals surface area (Å²) in [7, 11) is -4.02. The maximum atomic E-state index is 13.9. The molecular formula is C54H62ClN9O8S2. The SMILES string of the molecule is CC(=O)N[C@H](C(=O)N1C[C@H](O)C[C@H]1C(=O)N[C@@H](C)c1ccc(-c2scnc2C)cc1OCCCCCNC(=O)CNS(=O)(=O)c1ccc(Nc2ncc(Cl)c(-c3cccc(-c4ccccc4)c3)n2)cc1)C(C)(C)C. The van der Waals surface area contributed by atoms with Crippen molar-refractivity contribution in [2.45, 2.75) is 96.4 Å². The van der Waals surface area contributed by atoms with Crippen molar-refractivity contribution in [3.8, 4) is 38.6 Å². The van der Waals surface area contributed by atoms with Crippen LogP contribution >= 0.6 is 22.9 Å². The van der Waals surface area contributed by atoms with Gasteiger partial charge < -0.3 is 36.0 Å². The van der Waals surface area contributed by atoms with Crippen LogP contribution in [0, 0.1) is 12.3 Å². The number of aryl methyl sites for hydroxylation is 1. The van der Waals surface area contributed by atoms with Crippen LogP contribution in [0.4, 0.5) is 11.6 Å². The van der Waals surface area contributed by atoms with Gasteiger partial charge in [-0.15, -0.1) is 11.3 Å². The number of amides is 4. The number of likely N-dealkylation sites (tertiary alicyclic amines) is 1. The number of ether oxygens (including phenoxy) is 1. The van der Waals surface area contributed by atoms with Gasteiger partial charge in [0, 0.05) is 43.2 Å². The normalized spacial score (nSPS) is 15.5. The molecule has 3 heterocycles. The standard InChI is InChI=1S/C54H62ClN9O8S2/c1-33(60-51(68)45-28-41(66)31-64(45)52(69)50(54(4,5)6)61-35(3)65)43-23-18-39(49-34(2)58-32-73-49)27-46(43)72-25-12-8-11-24-56-47(67)30-59-74(70,71)42-21-19-40(20-22-42)62-53-57-29-44(55)48(63-53)38-17-13-16-37(26-38)36-14-9-7-10-15-36/h7,9-10,13-23,26-27,29,32-33,41,45,50,59,66H,8,11-12,24-25,28,30-31H2,1-6H3,(H,56,67)(H,60,68)(H,61,65)(H,57,62,63)/t33-,41+,45-,50+/m0/s1. The molecule has 0 radical (unpaired) electrons. The van der Waals surface area contributed by atoms with Gasteiger partial charge in [0.2, 0.25) is 39.6 Å². The second kappa shape index (κ2) is 24.5. The highest BCUT2D eigenvalue weighted by molar-refractivity contribution is 7.89. The molecular weight excluding hydrogens is 1000 g/mol. The number of aliphatic hydroxyl groups excluding tert-OH is 1. The third kappa shape index (κ3) is 14.3. The number of rotatable bonds is 21. The molecule has 17 nitrogen and oxygen atoms in total. The first-order valence-corrected chi connectivity index (χ1v) is 27.1. The van der Waals surface area contributed by atoms with E-state index < -0.39 is 63.9 Å². The summed E-state index contributed by atoms with van der Waals surface area (Å²) >= 11 is 8.03. The number of nitrogens with one attached hydrogen (secondary N) is 5. The zero-order valence-electron chi connectivity index (χ0n) is 42.1. The Kier molecular flexibility index (Phi) is 18.2. The first kappa shape index (κ1) is 55.0. The van der Waals surface area contributed by atoms with Gasteiger partial charge in [-0.3, -0.25) is 19.2 Å². The van der Waals surface area contributed by atoms with Crippen LogP contribution < -0.4 is 30.7 Å². The van der Waals surface area contributed by atoms with E-state index in [4.69, 9.17) is 16.3 Å². The molecule has 0 saturated carbocycles. The molecule has 0 unspecified atom stereocenters. The fraction of sp³-hybridized carbons (Fsp3) is 0.352. The minimum atomic E-state index is -4.02. The summed E-state index contributed by atoms with van der Waals surface area (Å²) in [5.74, 6) is -0.910. The minimum Gasteiger partial charge on any atom is -0.493 e. The molecule has 4 amide bonds. The van der Waals surface area contributed by atoms with E-state index in [0.29, 0.717) is 60.1 Å². The van der Waals surface area contributed by atoms with Gasteiger partial charge in [-0.05, 0) is 91.6 Å². The highest BCUT2D eigenvalue weighted by atomic mass is 35.5. The predicted octanol–water partition coefficient (Wildman–Crippen LogP) is 7.97. The molecule has 6 N–H and O–H groups in total. The van der Waals surface area contributed by atoms with Crippen molar-refractivity contribution >= 4 is 68.2 Å². The summed E-state index contributed by atoms with van der Waals surface area (Å²) in [6, 6.07) is 27.2. The van der Waals surface area contributed by atoms with E-state index in [-0.39, 0.29) is 29.7 Å². The number of anilines is 2. The number of nitrogens with zero attached hydrogens (tertiary/aromatic N) is 4. The maximum absolute atomic E-state index is 13.9. The van der Waals surface area contributed by atoms with E-state index in [1.807, 2.05) is 107 Å². The average Bonchev–Trinajstić information content (AvgIpc) is 4.00. The van der Waals surface area contributed by atoms with Gasteiger partial charge in [-0.1, -0.05) is 93.0 Å². The minimum absolute atomic E-state index is 0.0275. The van der Waals surface area contributed by atoms with E-state index in [1.165, 1.54) is 41.5 Å². The summed E-state index contributed by atoms with van der Waals surface area (Å²) in [5, 5.41) is 22.6. The van der Waals surface area contributed by atoms with E-state index >= 15 is 0 Å². The molecule has 0 bridgehead atoms. The first-order chi connectivity index (χ1) is 35.3. The summed E-state index contributed by atoms with van der Waals surface area (Å²) in [4.78, 5) is 68.1. The van der Waals surface area contributed by atoms with Crippen molar-refractivity contribution in [1.29, 1.82) is 0 Å². The number of β-amino-alcohol motifs (C(OH)–C–C–N with tert-alkyl or cyclic N) is 1. The van der Waals surface area contributed by atoms with E-state index in [2.05, 4.69) is 40.9 Å². The number of hydrogen-bond donors (Lipinski definition) is 6. The molecule has 0 aliphatic carbocycles. The van der Waals surface area contributed by atoms with Gasteiger partial charge >= 0.3 is 0 Å². The van der Waals surface area contributed by atoms with Crippen LogP contribution in [0.2, 0.25) is 5.02 Å². The number of carbonyl (C=O) groups excluding carboxylic acids is 4. The van der Waals surface area contributed by atoms with Crippen LogP contribution in [-0.4, -0.2) is 101 Å². The molecule has 74 heavy (non-hydrogen) atoms. The summed E-state index contributed by atoms with van der Waals surface area (Å²) < 4.78 is 35.0. The number of aromatic nitrogens is 3. The molecule has 1 fully saturated rings. The highest BCUT2D eigenvalue weighted by Gasteiger charge is 2.44. The zero-order chi connectivity index (χ0) is 53.2. The third-order valence-corrected chi connectivity index (χ3v) is 15.1. The van der Waals surface area contributed by atoms with Gasteiger partial charge in [-0.2, -0.15) is 0 Å². The Hall–Kier alpha value is -6.77. The lowest BCUT2D eigenvalue weighted by Gasteiger charge is -2.35. The van der Waals surface area contributed by atoms with Crippen molar-refractivity contribution in [2.75, 3.05) is 31.6 Å². The Labute approximate surface area is 441 Å². The lowest BCUT2D eigenvalue weighted by atomic mass is 9.85. The number of carbonyl (C=O) groups is 4. The lowest BCUT2D eigenvalue weighted by Crippen LogP contribution is -2.57. The Morgan fingerprint density at radius 1 is 0.892 bits per heavy atom. The van der Waals surface area contributed by atoms with Gasteiger partial charge in [0.15, 0.2) is 0 Å². The zero-order valence-corrected chi connectivity index (χ0v) is 44.5. The van der Waals surface area contributed by atoms with Crippen molar-refractivity contribution in [1.82, 2.24) is 40.5 Å². The Morgan fingerprint density at radius 2 is 1.62 bits per heavy atom. The molecule has 0 spiro atoms. The molecule has 1 aliphatic heterocycles. The molecule has 20 heteroatoms. The topological polar surface area (TPSA) is 234 Å². The maximum Gasteiger partial charge on any atom is 0.246 e. The Morgan fingerprint density at radius 3 is 2.32 bits per heavy atom. The lowest BCUT2D eigenvalue weighted by molar-refractivity contribution is -0.144. The molecule has 1 aliphatic rings. The molecule has 1 saturated heterocycles. The Bertz CT molecular complexity index is 3060. The predicted molar refractivity (Wildman–Crippen MR) is 287 cm³/mol. The number of hydrogen-bond acceptors (Lipinski definition) is 13. The van der Waals surface area contributed by atoms with Gasteiger partial charge in [0.1, 0.15) is 17.8 Å². The molecule has 4 atom stereocenters. The fourth-order valence-corrected chi connectivity index (χ4v) is 10.5.